The van der Waals surface area contributed by atoms with Crippen LogP contribution in [0.4, 0.5) is 11.4 Å². The molecule has 2 aromatic carbocycles. The lowest BCUT2D eigenvalue weighted by atomic mass is 10.1. The number of amides is 2. The number of nitrogens with zero attached hydrogens (tertiary/aromatic N) is 2. The second-order valence-corrected chi connectivity index (χ2v) is 6.41. The summed E-state index contributed by atoms with van der Waals surface area (Å²) in [6.07, 6.45) is 0. The number of fused-ring (bicyclic) bond motifs is 1. The third kappa shape index (κ3) is 4.98. The Morgan fingerprint density at radius 2 is 1.59 bits per heavy atom. The molecule has 0 bridgehead atoms. The van der Waals surface area contributed by atoms with Crippen molar-refractivity contribution in [3.05, 3.63) is 59.8 Å². The zero-order valence-corrected chi connectivity index (χ0v) is 16.0. The first kappa shape index (κ1) is 19.6. The van der Waals surface area contributed by atoms with Crippen molar-refractivity contribution in [3.8, 4) is 0 Å². The first-order valence-electron chi connectivity index (χ1n) is 8.77. The van der Waals surface area contributed by atoms with E-state index in [0.717, 1.165) is 16.5 Å². The number of guanidine groups is 1. The zero-order valence-electron chi connectivity index (χ0n) is 16.0. The second kappa shape index (κ2) is 8.26. The van der Waals surface area contributed by atoms with Crippen molar-refractivity contribution in [1.82, 2.24) is 4.98 Å². The van der Waals surface area contributed by atoms with E-state index in [1.807, 2.05) is 18.2 Å². The van der Waals surface area contributed by atoms with Crippen LogP contribution in [0, 0.1) is 0 Å². The molecule has 0 radical (unpaired) electrons. The standard InChI is InChI=1S/C20H21N7O2/c1-11(26-27-20(21)22)13-3-6-15(7-4-13)24-19(29)18-9-14-5-8-16(23-12(2)28)10-17(14)25-18/h3-10,25H,1-2H3,(H,23,28)(H,24,29)(H4,21,22,27)/b26-11+. The number of anilines is 2. The lowest BCUT2D eigenvalue weighted by molar-refractivity contribution is -0.114. The number of aromatic nitrogens is 1. The number of rotatable bonds is 5. The molecule has 0 atom stereocenters. The molecule has 1 heterocycles. The highest BCUT2D eigenvalue weighted by Gasteiger charge is 2.11. The third-order valence-corrected chi connectivity index (χ3v) is 4.06. The van der Waals surface area contributed by atoms with E-state index in [1.54, 1.807) is 37.3 Å². The molecule has 0 saturated heterocycles. The summed E-state index contributed by atoms with van der Waals surface area (Å²) in [6, 6.07) is 14.3. The van der Waals surface area contributed by atoms with Crippen LogP contribution in [0.3, 0.4) is 0 Å². The van der Waals surface area contributed by atoms with Crippen molar-refractivity contribution in [2.75, 3.05) is 10.6 Å². The van der Waals surface area contributed by atoms with Crippen LogP contribution in [0.1, 0.15) is 29.9 Å². The quantitative estimate of drug-likeness (QED) is 0.258. The predicted octanol–water partition coefficient (Wildman–Crippen LogP) is 2.38. The lowest BCUT2D eigenvalue weighted by Gasteiger charge is -2.05. The number of nitrogens with two attached hydrogens (primary N) is 2. The molecule has 0 aliphatic carbocycles. The fourth-order valence-corrected chi connectivity index (χ4v) is 2.71. The van der Waals surface area contributed by atoms with Crippen LogP contribution in [-0.4, -0.2) is 28.5 Å². The second-order valence-electron chi connectivity index (χ2n) is 6.41. The molecule has 1 aromatic heterocycles. The van der Waals surface area contributed by atoms with E-state index >= 15 is 0 Å². The normalized spacial score (nSPS) is 11.2. The number of nitrogens with one attached hydrogen (secondary N) is 3. The number of hydrogen-bond donors (Lipinski definition) is 5. The van der Waals surface area contributed by atoms with Gasteiger partial charge in [0.2, 0.25) is 11.9 Å². The number of carbonyl (C=O) groups excluding carboxylic acids is 2. The zero-order chi connectivity index (χ0) is 21.0. The summed E-state index contributed by atoms with van der Waals surface area (Å²) in [5, 5.41) is 14.0. The minimum Gasteiger partial charge on any atom is -0.369 e. The van der Waals surface area contributed by atoms with Gasteiger partial charge in [-0.3, -0.25) is 9.59 Å². The number of H-pyrrole nitrogens is 1. The first-order valence-corrected chi connectivity index (χ1v) is 8.77. The number of hydrogen-bond acceptors (Lipinski definition) is 4. The summed E-state index contributed by atoms with van der Waals surface area (Å²) >= 11 is 0. The van der Waals surface area contributed by atoms with E-state index in [2.05, 4.69) is 25.8 Å². The van der Waals surface area contributed by atoms with E-state index in [-0.39, 0.29) is 17.8 Å². The van der Waals surface area contributed by atoms with Crippen LogP contribution in [0.2, 0.25) is 0 Å². The van der Waals surface area contributed by atoms with Gasteiger partial charge in [-0.25, -0.2) is 0 Å². The minimum absolute atomic E-state index is 0.115. The Hall–Kier alpha value is -4.14. The molecular formula is C20H21N7O2. The van der Waals surface area contributed by atoms with E-state index in [4.69, 9.17) is 11.5 Å². The Labute approximate surface area is 166 Å². The Balaban J connectivity index is 1.73. The molecule has 9 heteroatoms. The van der Waals surface area contributed by atoms with Gasteiger partial charge in [-0.2, -0.15) is 5.10 Å². The average molecular weight is 391 g/mol. The smallest absolute Gasteiger partial charge is 0.272 e. The predicted molar refractivity (Wildman–Crippen MR) is 115 cm³/mol. The average Bonchev–Trinajstić information content (AvgIpc) is 3.09. The molecule has 9 nitrogen and oxygen atoms in total. The van der Waals surface area contributed by atoms with Gasteiger partial charge in [0.1, 0.15) is 5.69 Å². The summed E-state index contributed by atoms with van der Waals surface area (Å²) in [4.78, 5) is 26.8. The van der Waals surface area contributed by atoms with Crippen molar-refractivity contribution in [2.24, 2.45) is 21.7 Å². The third-order valence-electron chi connectivity index (χ3n) is 4.06. The van der Waals surface area contributed by atoms with Crippen molar-refractivity contribution < 1.29 is 9.59 Å². The van der Waals surface area contributed by atoms with Crippen LogP contribution in [0.5, 0.6) is 0 Å². The molecule has 29 heavy (non-hydrogen) atoms. The van der Waals surface area contributed by atoms with Crippen molar-refractivity contribution in [3.63, 3.8) is 0 Å². The molecule has 3 aromatic rings. The molecule has 2 amide bonds. The number of aromatic amines is 1. The largest absolute Gasteiger partial charge is 0.369 e. The van der Waals surface area contributed by atoms with Crippen LogP contribution in [0.25, 0.3) is 10.9 Å². The molecule has 0 aliphatic rings. The van der Waals surface area contributed by atoms with Crippen LogP contribution >= 0.6 is 0 Å². The number of benzene rings is 2. The van der Waals surface area contributed by atoms with E-state index < -0.39 is 0 Å². The summed E-state index contributed by atoms with van der Waals surface area (Å²) in [5.74, 6) is -0.549. The Morgan fingerprint density at radius 3 is 2.24 bits per heavy atom. The first-order chi connectivity index (χ1) is 13.8. The highest BCUT2D eigenvalue weighted by Crippen LogP contribution is 2.21. The number of carbonyl (C=O) groups is 2. The highest BCUT2D eigenvalue weighted by atomic mass is 16.2. The Morgan fingerprint density at radius 1 is 0.897 bits per heavy atom. The molecule has 0 unspecified atom stereocenters. The van der Waals surface area contributed by atoms with Gasteiger partial charge in [-0.1, -0.05) is 18.2 Å². The molecule has 3 rings (SSSR count). The van der Waals surface area contributed by atoms with Gasteiger partial charge in [-0.15, -0.1) is 5.10 Å². The van der Waals surface area contributed by atoms with Crippen molar-refractivity contribution in [2.45, 2.75) is 13.8 Å². The molecule has 148 valence electrons. The molecule has 7 N–H and O–H groups in total. The van der Waals surface area contributed by atoms with Crippen LogP contribution in [0.15, 0.2) is 58.7 Å². The molecule has 0 fully saturated rings. The Kier molecular flexibility index (Phi) is 5.59. The fourth-order valence-electron chi connectivity index (χ4n) is 2.71. The maximum Gasteiger partial charge on any atom is 0.272 e. The lowest BCUT2D eigenvalue weighted by Crippen LogP contribution is -2.22. The summed E-state index contributed by atoms with van der Waals surface area (Å²) in [6.45, 7) is 3.22. The fraction of sp³-hybridized carbons (Fsp3) is 0.100. The van der Waals surface area contributed by atoms with E-state index in [9.17, 15) is 9.59 Å². The highest BCUT2D eigenvalue weighted by molar-refractivity contribution is 6.06. The van der Waals surface area contributed by atoms with E-state index in [1.165, 1.54) is 6.92 Å². The SMILES string of the molecule is CC(=O)Nc1ccc2cc(C(=O)Nc3ccc(/C(C)=N/N=C(N)N)cc3)[nH]c2c1. The van der Waals surface area contributed by atoms with Gasteiger partial charge in [0.05, 0.1) is 5.71 Å². The molecule has 0 saturated carbocycles. The van der Waals surface area contributed by atoms with Gasteiger partial charge in [0, 0.05) is 29.2 Å². The Bertz CT molecular complexity index is 1120. The summed E-state index contributed by atoms with van der Waals surface area (Å²) < 4.78 is 0. The molecule has 0 spiro atoms. The maximum absolute atomic E-state index is 12.6. The maximum atomic E-state index is 12.6. The monoisotopic (exact) mass is 391 g/mol. The molecular weight excluding hydrogens is 370 g/mol. The van der Waals surface area contributed by atoms with Gasteiger partial charge >= 0.3 is 0 Å². The van der Waals surface area contributed by atoms with Crippen molar-refractivity contribution >= 4 is 45.8 Å². The molecule has 0 aliphatic heterocycles. The minimum atomic E-state index is -0.277. The van der Waals surface area contributed by atoms with Crippen LogP contribution < -0.4 is 22.1 Å². The topological polar surface area (TPSA) is 151 Å². The summed E-state index contributed by atoms with van der Waals surface area (Å²) in [5.41, 5.74) is 14.4. The van der Waals surface area contributed by atoms with Crippen LogP contribution in [-0.2, 0) is 4.79 Å². The van der Waals surface area contributed by atoms with Gasteiger partial charge < -0.3 is 27.1 Å². The van der Waals surface area contributed by atoms with Crippen molar-refractivity contribution in [1.29, 1.82) is 0 Å². The summed E-state index contributed by atoms with van der Waals surface area (Å²) in [7, 11) is 0. The van der Waals surface area contributed by atoms with Gasteiger partial charge in [0.15, 0.2) is 0 Å². The van der Waals surface area contributed by atoms with Gasteiger partial charge in [-0.05, 0) is 42.8 Å². The van der Waals surface area contributed by atoms with Gasteiger partial charge in [0.25, 0.3) is 5.91 Å². The van der Waals surface area contributed by atoms with E-state index in [0.29, 0.717) is 22.8 Å².